The molecule has 0 atom stereocenters. The van der Waals surface area contributed by atoms with Crippen molar-refractivity contribution in [3.63, 3.8) is 0 Å². The number of rotatable bonds is 5. The third-order valence-electron chi connectivity index (χ3n) is 4.61. The molecule has 132 valence electrons. The van der Waals surface area contributed by atoms with E-state index in [9.17, 15) is 4.79 Å². The Hall–Kier alpha value is -2.43. The molecule has 1 aliphatic rings. The molecule has 1 aliphatic carbocycles. The van der Waals surface area contributed by atoms with Gasteiger partial charge < -0.3 is 10.6 Å². The summed E-state index contributed by atoms with van der Waals surface area (Å²) in [7, 11) is 0. The van der Waals surface area contributed by atoms with Crippen LogP contribution in [0.25, 0.3) is 0 Å². The van der Waals surface area contributed by atoms with Gasteiger partial charge in [-0.2, -0.15) is 0 Å². The van der Waals surface area contributed by atoms with E-state index in [1.54, 1.807) is 6.07 Å². The van der Waals surface area contributed by atoms with E-state index in [2.05, 4.69) is 46.6 Å². The normalized spacial score (nSPS) is 14.7. The second kappa shape index (κ2) is 7.64. The summed E-state index contributed by atoms with van der Waals surface area (Å²) in [5.74, 6) is 0.833. The molecule has 0 saturated heterocycles. The summed E-state index contributed by atoms with van der Waals surface area (Å²) < 4.78 is 0. The maximum atomic E-state index is 12.4. The molecule has 1 saturated carbocycles. The van der Waals surface area contributed by atoms with E-state index in [1.807, 2.05) is 19.1 Å². The van der Waals surface area contributed by atoms with Gasteiger partial charge in [0.05, 0.1) is 0 Å². The zero-order chi connectivity index (χ0) is 17.8. The second-order valence-electron chi connectivity index (χ2n) is 7.07. The van der Waals surface area contributed by atoms with Crippen LogP contribution in [0.2, 0.25) is 0 Å². The first-order valence-corrected chi connectivity index (χ1v) is 9.05. The monoisotopic (exact) mass is 338 g/mol. The number of hydrogen-bond donors (Lipinski definition) is 2. The van der Waals surface area contributed by atoms with Gasteiger partial charge in [0.1, 0.15) is 5.69 Å². The molecule has 3 rings (SSSR count). The maximum absolute atomic E-state index is 12.4. The van der Waals surface area contributed by atoms with Crippen molar-refractivity contribution in [1.82, 2.24) is 15.3 Å². The van der Waals surface area contributed by atoms with Gasteiger partial charge in [-0.15, -0.1) is 0 Å². The summed E-state index contributed by atoms with van der Waals surface area (Å²) >= 11 is 0. The Balaban J connectivity index is 1.73. The molecule has 1 aromatic heterocycles. The molecule has 0 bridgehead atoms. The van der Waals surface area contributed by atoms with Gasteiger partial charge in [-0.1, -0.05) is 38.8 Å². The highest BCUT2D eigenvalue weighted by Gasteiger charge is 2.19. The quantitative estimate of drug-likeness (QED) is 0.852. The van der Waals surface area contributed by atoms with Gasteiger partial charge in [0.15, 0.2) is 0 Å². The summed E-state index contributed by atoms with van der Waals surface area (Å²) in [6.07, 6.45) is 4.49. The topological polar surface area (TPSA) is 66.9 Å². The fraction of sp³-hybridized carbons (Fsp3) is 0.450. The van der Waals surface area contributed by atoms with E-state index in [0.717, 1.165) is 24.2 Å². The minimum atomic E-state index is -0.115. The van der Waals surface area contributed by atoms with Gasteiger partial charge in [-0.3, -0.25) is 4.79 Å². The van der Waals surface area contributed by atoms with Gasteiger partial charge >= 0.3 is 0 Å². The van der Waals surface area contributed by atoms with Crippen molar-refractivity contribution in [2.45, 2.75) is 58.4 Å². The summed E-state index contributed by atoms with van der Waals surface area (Å²) in [6.45, 7) is 6.21. The molecule has 2 aromatic rings. The van der Waals surface area contributed by atoms with Crippen LogP contribution in [0, 0.1) is 6.92 Å². The molecule has 0 radical (unpaired) electrons. The van der Waals surface area contributed by atoms with E-state index in [-0.39, 0.29) is 11.9 Å². The van der Waals surface area contributed by atoms with Crippen LogP contribution in [0.5, 0.6) is 0 Å². The molecule has 1 fully saturated rings. The van der Waals surface area contributed by atoms with E-state index in [4.69, 9.17) is 0 Å². The fourth-order valence-electron chi connectivity index (χ4n) is 3.15. The van der Waals surface area contributed by atoms with Crippen molar-refractivity contribution in [2.75, 3.05) is 5.32 Å². The number of amides is 1. The molecule has 5 heteroatoms. The number of aryl methyl sites for hydroxylation is 1. The van der Waals surface area contributed by atoms with E-state index >= 15 is 0 Å². The number of anilines is 2. The zero-order valence-corrected chi connectivity index (χ0v) is 15.2. The van der Waals surface area contributed by atoms with E-state index in [0.29, 0.717) is 17.6 Å². The molecule has 5 nitrogen and oxygen atoms in total. The van der Waals surface area contributed by atoms with E-state index < -0.39 is 0 Å². The van der Waals surface area contributed by atoms with Crippen molar-refractivity contribution in [3.8, 4) is 0 Å². The Labute approximate surface area is 149 Å². The number of hydrogen-bond acceptors (Lipinski definition) is 4. The van der Waals surface area contributed by atoms with Crippen molar-refractivity contribution in [1.29, 1.82) is 0 Å². The lowest BCUT2D eigenvalue weighted by atomic mass is 10.0. The van der Waals surface area contributed by atoms with Crippen LogP contribution < -0.4 is 10.6 Å². The summed E-state index contributed by atoms with van der Waals surface area (Å²) in [4.78, 5) is 21.2. The lowest BCUT2D eigenvalue weighted by Gasteiger charge is -2.13. The molecule has 25 heavy (non-hydrogen) atoms. The van der Waals surface area contributed by atoms with Crippen molar-refractivity contribution in [2.24, 2.45) is 0 Å². The number of carbonyl (C=O) groups is 1. The smallest absolute Gasteiger partial charge is 0.270 e. The number of nitrogens with one attached hydrogen (secondary N) is 2. The van der Waals surface area contributed by atoms with Gasteiger partial charge in [-0.05, 0) is 49.4 Å². The highest BCUT2D eigenvalue weighted by molar-refractivity contribution is 5.92. The second-order valence-corrected chi connectivity index (χ2v) is 7.07. The van der Waals surface area contributed by atoms with Gasteiger partial charge in [-0.25, -0.2) is 9.97 Å². The van der Waals surface area contributed by atoms with Crippen LogP contribution >= 0.6 is 0 Å². The Kier molecular flexibility index (Phi) is 5.31. The Morgan fingerprint density at radius 1 is 1.12 bits per heavy atom. The number of benzene rings is 1. The van der Waals surface area contributed by atoms with Gasteiger partial charge in [0.2, 0.25) is 5.95 Å². The molecular formula is C20H26N4O. The lowest BCUT2D eigenvalue weighted by Crippen LogP contribution is -2.33. The van der Waals surface area contributed by atoms with Gasteiger partial charge in [0, 0.05) is 17.4 Å². The Morgan fingerprint density at radius 2 is 1.80 bits per heavy atom. The molecule has 1 amide bonds. The molecule has 0 aliphatic heterocycles. The largest absolute Gasteiger partial charge is 0.348 e. The number of aromatic nitrogens is 2. The van der Waals surface area contributed by atoms with Crippen molar-refractivity contribution >= 4 is 17.5 Å². The highest BCUT2D eigenvalue weighted by atomic mass is 16.1. The van der Waals surface area contributed by atoms with Crippen LogP contribution in [0.15, 0.2) is 30.3 Å². The predicted molar refractivity (Wildman–Crippen MR) is 100 cm³/mol. The molecular weight excluding hydrogens is 312 g/mol. The van der Waals surface area contributed by atoms with Crippen LogP contribution in [0.1, 0.15) is 67.2 Å². The summed E-state index contributed by atoms with van der Waals surface area (Å²) in [5.41, 5.74) is 3.39. The molecule has 1 aromatic carbocycles. The molecule has 0 unspecified atom stereocenters. The summed E-state index contributed by atoms with van der Waals surface area (Å²) in [5, 5.41) is 6.27. The molecule has 2 N–H and O–H groups in total. The van der Waals surface area contributed by atoms with Gasteiger partial charge in [0.25, 0.3) is 5.91 Å². The minimum absolute atomic E-state index is 0.115. The van der Waals surface area contributed by atoms with Crippen LogP contribution in [-0.2, 0) is 0 Å². The minimum Gasteiger partial charge on any atom is -0.348 e. The van der Waals surface area contributed by atoms with Crippen LogP contribution in [0.3, 0.4) is 0 Å². The van der Waals surface area contributed by atoms with E-state index in [1.165, 1.54) is 18.4 Å². The summed E-state index contributed by atoms with van der Waals surface area (Å²) in [6, 6.07) is 10.2. The molecule has 0 spiro atoms. The SMILES string of the molecule is Cc1cc(C(=O)NC2CCCC2)nc(Nc2ccc(C(C)C)cc2)n1. The van der Waals surface area contributed by atoms with Crippen LogP contribution in [0.4, 0.5) is 11.6 Å². The number of carbonyl (C=O) groups excluding carboxylic acids is 1. The lowest BCUT2D eigenvalue weighted by molar-refractivity contribution is 0.0932. The zero-order valence-electron chi connectivity index (χ0n) is 15.2. The third kappa shape index (κ3) is 4.56. The predicted octanol–water partition coefficient (Wildman–Crippen LogP) is 4.32. The van der Waals surface area contributed by atoms with Crippen LogP contribution in [-0.4, -0.2) is 21.9 Å². The average Bonchev–Trinajstić information content (AvgIpc) is 3.07. The highest BCUT2D eigenvalue weighted by Crippen LogP contribution is 2.20. The fourth-order valence-corrected chi connectivity index (χ4v) is 3.15. The van der Waals surface area contributed by atoms with Crippen molar-refractivity contribution in [3.05, 3.63) is 47.3 Å². The first-order valence-electron chi connectivity index (χ1n) is 9.05. The first kappa shape index (κ1) is 17.4. The Bertz CT molecular complexity index is 734. The maximum Gasteiger partial charge on any atom is 0.270 e. The average molecular weight is 338 g/mol. The standard InChI is InChI=1S/C20H26N4O/c1-13(2)15-8-10-17(11-9-15)23-20-21-14(3)12-18(24-20)19(25)22-16-6-4-5-7-16/h8-13,16H,4-7H2,1-3H3,(H,22,25)(H,21,23,24). The molecule has 1 heterocycles. The third-order valence-corrected chi connectivity index (χ3v) is 4.61. The Morgan fingerprint density at radius 3 is 2.44 bits per heavy atom. The first-order chi connectivity index (χ1) is 12.0. The number of nitrogens with zero attached hydrogens (tertiary/aromatic N) is 2. The van der Waals surface area contributed by atoms with Crippen molar-refractivity contribution < 1.29 is 4.79 Å².